The Morgan fingerprint density at radius 2 is 1.89 bits per heavy atom. The van der Waals surface area contributed by atoms with Gasteiger partial charge in [0.15, 0.2) is 5.78 Å². The molecule has 2 aromatic rings. The second-order valence-electron chi connectivity index (χ2n) is 3.72. The number of hydrogen-bond donors (Lipinski definition) is 1. The van der Waals surface area contributed by atoms with E-state index in [-0.39, 0.29) is 11.6 Å². The quantitative estimate of drug-likeness (QED) is 0.509. The van der Waals surface area contributed by atoms with Crippen LogP contribution in [-0.4, -0.2) is 5.78 Å². The minimum atomic E-state index is -0.364. The molecule has 0 atom stereocenters. The van der Waals surface area contributed by atoms with Crippen molar-refractivity contribution in [3.05, 3.63) is 66.1 Å². The molecule has 90 valence electrons. The van der Waals surface area contributed by atoms with Gasteiger partial charge in [0.1, 0.15) is 5.82 Å². The van der Waals surface area contributed by atoms with E-state index in [1.165, 1.54) is 30.3 Å². The highest BCUT2D eigenvalue weighted by atomic mass is 19.1. The van der Waals surface area contributed by atoms with Crippen LogP contribution in [0.3, 0.4) is 0 Å². The Morgan fingerprint density at radius 3 is 2.56 bits per heavy atom. The molecule has 0 saturated heterocycles. The molecule has 1 aromatic carbocycles. The summed E-state index contributed by atoms with van der Waals surface area (Å²) in [6, 6.07) is 10.7. The van der Waals surface area contributed by atoms with E-state index in [0.717, 1.165) is 0 Å². The summed E-state index contributed by atoms with van der Waals surface area (Å²) in [7, 11) is 0. The molecule has 0 amide bonds. The van der Waals surface area contributed by atoms with E-state index < -0.39 is 0 Å². The van der Waals surface area contributed by atoms with Crippen LogP contribution in [0.5, 0.6) is 0 Å². The minimum absolute atomic E-state index is 0.203. The maximum absolute atomic E-state index is 12.7. The van der Waals surface area contributed by atoms with E-state index in [2.05, 4.69) is 0 Å². The van der Waals surface area contributed by atoms with E-state index in [1.54, 1.807) is 23.0 Å². The number of allylic oxidation sites excluding steroid dienone is 1. The highest BCUT2D eigenvalue weighted by Gasteiger charge is 2.03. The van der Waals surface area contributed by atoms with Crippen LogP contribution in [0.1, 0.15) is 10.4 Å². The van der Waals surface area contributed by atoms with Crippen molar-refractivity contribution in [2.45, 2.75) is 0 Å². The normalized spacial score (nSPS) is 10.7. The number of anilines is 1. The van der Waals surface area contributed by atoms with Gasteiger partial charge < -0.3 is 0 Å². The Kier molecular flexibility index (Phi) is 3.48. The monoisotopic (exact) mass is 243 g/mol. The zero-order valence-corrected chi connectivity index (χ0v) is 9.58. The summed E-state index contributed by atoms with van der Waals surface area (Å²) in [6.45, 7) is 0. The Bertz CT molecular complexity index is 591. The van der Waals surface area contributed by atoms with Crippen LogP contribution < -0.4 is 10.3 Å². The zero-order chi connectivity index (χ0) is 13.0. The molecule has 0 aliphatic rings. The van der Waals surface area contributed by atoms with Gasteiger partial charge in [-0.3, -0.25) is 10.5 Å². The molecule has 0 bridgehead atoms. The molecule has 0 fully saturated rings. The summed E-state index contributed by atoms with van der Waals surface area (Å²) in [6.07, 6.45) is 4.70. The van der Waals surface area contributed by atoms with E-state index in [4.69, 9.17) is 5.73 Å². The first-order valence-electron chi connectivity index (χ1n) is 5.40. The van der Waals surface area contributed by atoms with Gasteiger partial charge in [-0.2, -0.15) is 0 Å². The lowest BCUT2D eigenvalue weighted by Gasteiger charge is -1.96. The van der Waals surface area contributed by atoms with E-state index in [1.807, 2.05) is 12.1 Å². The van der Waals surface area contributed by atoms with Crippen molar-refractivity contribution in [1.29, 1.82) is 0 Å². The summed E-state index contributed by atoms with van der Waals surface area (Å²) in [5.41, 5.74) is 6.15. The van der Waals surface area contributed by atoms with Crippen LogP contribution >= 0.6 is 0 Å². The maximum atomic E-state index is 12.7. The third-order valence-corrected chi connectivity index (χ3v) is 2.44. The zero-order valence-electron chi connectivity index (χ0n) is 9.58. The first kappa shape index (κ1) is 12.0. The third kappa shape index (κ3) is 2.79. The Morgan fingerprint density at radius 1 is 1.17 bits per heavy atom. The number of nitrogens with two attached hydrogens (primary N) is 1. The van der Waals surface area contributed by atoms with Crippen molar-refractivity contribution in [3.8, 4) is 0 Å². The van der Waals surface area contributed by atoms with Gasteiger partial charge in [-0.15, -0.1) is 0 Å². The average molecular weight is 243 g/mol. The van der Waals surface area contributed by atoms with E-state index in [0.29, 0.717) is 11.4 Å². The summed E-state index contributed by atoms with van der Waals surface area (Å²) in [4.78, 5) is 11.8. The summed E-state index contributed by atoms with van der Waals surface area (Å²) in [5, 5.41) is 0. The topological polar surface area (TPSA) is 47.0 Å². The van der Waals surface area contributed by atoms with Gasteiger partial charge in [-0.1, -0.05) is 6.07 Å². The summed E-state index contributed by atoms with van der Waals surface area (Å²) < 4.78 is 14.3. The molecule has 4 heteroatoms. The number of pyridine rings is 1. The molecule has 3 nitrogen and oxygen atoms in total. The van der Waals surface area contributed by atoms with Gasteiger partial charge in [0.25, 0.3) is 5.82 Å². The van der Waals surface area contributed by atoms with Crippen molar-refractivity contribution >= 4 is 17.8 Å². The number of carbonyl (C=O) groups excluding carboxylic acids is 1. The van der Waals surface area contributed by atoms with Crippen LogP contribution in [0.25, 0.3) is 6.20 Å². The smallest absolute Gasteiger partial charge is 0.276 e. The number of rotatable bonds is 3. The van der Waals surface area contributed by atoms with Crippen LogP contribution in [0, 0.1) is 5.82 Å². The molecule has 1 aromatic heterocycles. The van der Waals surface area contributed by atoms with Gasteiger partial charge in [-0.05, 0) is 30.3 Å². The minimum Gasteiger partial charge on any atom is -0.289 e. The fraction of sp³-hybridized carbons (Fsp3) is 0. The van der Waals surface area contributed by atoms with Gasteiger partial charge in [0.2, 0.25) is 0 Å². The molecular weight excluding hydrogens is 231 g/mol. The lowest BCUT2D eigenvalue weighted by atomic mass is 10.1. The molecule has 2 rings (SSSR count). The predicted octanol–water partition coefficient (Wildman–Crippen LogP) is 2.05. The van der Waals surface area contributed by atoms with Crippen molar-refractivity contribution < 1.29 is 13.8 Å². The Labute approximate surface area is 104 Å². The molecule has 1 heterocycles. The molecule has 0 spiro atoms. The Hall–Kier alpha value is -2.49. The van der Waals surface area contributed by atoms with Crippen molar-refractivity contribution in [1.82, 2.24) is 0 Å². The number of benzene rings is 1. The number of nitrogen functional groups attached to an aromatic ring is 1. The number of aromatic nitrogens is 1. The van der Waals surface area contributed by atoms with Crippen LogP contribution in [0.4, 0.5) is 10.2 Å². The summed E-state index contributed by atoms with van der Waals surface area (Å²) in [5.74, 6) is -0.0383. The standard InChI is InChI=1S/C14H11FN2O/c15-12-6-4-11(5-7-12)13(18)8-10-17-9-2-1-3-14(17)16/h1-10,16H/p+1. The van der Waals surface area contributed by atoms with Crippen molar-refractivity contribution in [2.24, 2.45) is 0 Å². The van der Waals surface area contributed by atoms with Crippen LogP contribution in [-0.2, 0) is 0 Å². The molecule has 2 N–H and O–H groups in total. The van der Waals surface area contributed by atoms with Gasteiger partial charge >= 0.3 is 0 Å². The first-order chi connectivity index (χ1) is 8.66. The number of ketones is 1. The van der Waals surface area contributed by atoms with Gasteiger partial charge in [-0.25, -0.2) is 8.96 Å². The van der Waals surface area contributed by atoms with E-state index in [9.17, 15) is 9.18 Å². The third-order valence-electron chi connectivity index (χ3n) is 2.44. The van der Waals surface area contributed by atoms with E-state index >= 15 is 0 Å². The second-order valence-corrected chi connectivity index (χ2v) is 3.72. The maximum Gasteiger partial charge on any atom is 0.276 e. The lowest BCUT2D eigenvalue weighted by molar-refractivity contribution is -0.552. The van der Waals surface area contributed by atoms with Crippen molar-refractivity contribution in [2.75, 3.05) is 5.73 Å². The second kappa shape index (κ2) is 5.23. The highest BCUT2D eigenvalue weighted by Crippen LogP contribution is 2.04. The highest BCUT2D eigenvalue weighted by molar-refractivity contribution is 6.05. The largest absolute Gasteiger partial charge is 0.289 e. The molecule has 0 radical (unpaired) electrons. The lowest BCUT2D eigenvalue weighted by Crippen LogP contribution is -2.29. The number of nitrogens with zero attached hydrogens (tertiary/aromatic N) is 1. The van der Waals surface area contributed by atoms with Gasteiger partial charge in [0.05, 0.1) is 12.4 Å². The molecular formula is C14H12FN2O+. The molecule has 0 aliphatic heterocycles. The molecule has 18 heavy (non-hydrogen) atoms. The summed E-state index contributed by atoms with van der Waals surface area (Å²) >= 11 is 0. The number of halogens is 1. The average Bonchev–Trinajstić information content (AvgIpc) is 2.38. The van der Waals surface area contributed by atoms with Crippen LogP contribution in [0.15, 0.2) is 54.7 Å². The molecule has 0 aliphatic carbocycles. The SMILES string of the molecule is Nc1cccc[n+]1C=CC(=O)c1ccc(F)cc1. The fourth-order valence-corrected chi connectivity index (χ4v) is 1.46. The fourth-order valence-electron chi connectivity index (χ4n) is 1.46. The first-order valence-corrected chi connectivity index (χ1v) is 5.40. The molecule has 0 saturated carbocycles. The number of carbonyl (C=O) groups is 1. The number of hydrogen-bond acceptors (Lipinski definition) is 2. The van der Waals surface area contributed by atoms with Gasteiger partial charge in [0, 0.05) is 17.7 Å². The van der Waals surface area contributed by atoms with Crippen molar-refractivity contribution in [3.63, 3.8) is 0 Å². The molecule has 0 unspecified atom stereocenters. The Balaban J connectivity index is 2.17. The predicted molar refractivity (Wildman–Crippen MR) is 67.1 cm³/mol. The van der Waals surface area contributed by atoms with Crippen LogP contribution in [0.2, 0.25) is 0 Å².